The molecule has 34 heavy (non-hydrogen) atoms. The van der Waals surface area contributed by atoms with Crippen molar-refractivity contribution in [2.24, 2.45) is 11.7 Å². The molecule has 0 heterocycles. The molecular formula is C22H32N4O8. The molecule has 8 N–H and O–H groups in total. The molecule has 0 bridgehead atoms. The molecule has 12 heteroatoms. The van der Waals surface area contributed by atoms with Crippen molar-refractivity contribution in [3.05, 3.63) is 29.8 Å². The Morgan fingerprint density at radius 2 is 1.53 bits per heavy atom. The lowest BCUT2D eigenvalue weighted by molar-refractivity contribution is -0.143. The van der Waals surface area contributed by atoms with Crippen molar-refractivity contribution in [2.45, 2.75) is 57.7 Å². The number of nitrogens with one attached hydrogen (secondary N) is 3. The van der Waals surface area contributed by atoms with E-state index in [4.69, 9.17) is 10.8 Å². The number of aliphatic carboxylic acids is 2. The summed E-state index contributed by atoms with van der Waals surface area (Å²) in [6.07, 6.45) is -0.346. The minimum atomic E-state index is -1.48. The third kappa shape index (κ3) is 9.45. The Hall–Kier alpha value is -3.67. The maximum atomic E-state index is 13.0. The standard InChI is InChI=1S/C22H32N4O8/c1-3-12(2)19(26-17(28)11-23)21(32)25-16(10-13-4-6-14(27)7-5-13)20(31)24-15(22(33)34)8-9-18(29)30/h4-7,12,15-16,19,27H,3,8-11,23H2,1-2H3,(H,24,31)(H,25,32)(H,26,28)(H,29,30)(H,33,34). The Morgan fingerprint density at radius 1 is 0.941 bits per heavy atom. The van der Waals surface area contributed by atoms with Gasteiger partial charge in [-0.1, -0.05) is 32.4 Å². The number of carboxylic acid groups (broad SMARTS) is 2. The van der Waals surface area contributed by atoms with Gasteiger partial charge < -0.3 is 37.0 Å². The summed E-state index contributed by atoms with van der Waals surface area (Å²) in [7, 11) is 0. The highest BCUT2D eigenvalue weighted by molar-refractivity contribution is 5.94. The number of benzene rings is 1. The van der Waals surface area contributed by atoms with E-state index in [-0.39, 0.29) is 31.1 Å². The minimum Gasteiger partial charge on any atom is -0.508 e. The lowest BCUT2D eigenvalue weighted by Crippen LogP contribution is -2.58. The lowest BCUT2D eigenvalue weighted by atomic mass is 9.97. The maximum Gasteiger partial charge on any atom is 0.326 e. The van der Waals surface area contributed by atoms with E-state index in [2.05, 4.69) is 16.0 Å². The lowest BCUT2D eigenvalue weighted by Gasteiger charge is -2.27. The fourth-order valence-electron chi connectivity index (χ4n) is 3.07. The quantitative estimate of drug-likeness (QED) is 0.180. The molecule has 4 unspecified atom stereocenters. The van der Waals surface area contributed by atoms with Crippen LogP contribution in [0.5, 0.6) is 5.75 Å². The zero-order chi connectivity index (χ0) is 25.8. The Balaban J connectivity index is 3.14. The monoisotopic (exact) mass is 480 g/mol. The first-order chi connectivity index (χ1) is 16.0. The molecule has 0 fully saturated rings. The number of phenols is 1. The molecule has 0 spiro atoms. The minimum absolute atomic E-state index is 0.00488. The summed E-state index contributed by atoms with van der Waals surface area (Å²) in [5.41, 5.74) is 5.89. The highest BCUT2D eigenvalue weighted by Gasteiger charge is 2.31. The predicted molar refractivity (Wildman–Crippen MR) is 121 cm³/mol. The van der Waals surface area contributed by atoms with Crippen molar-refractivity contribution < 1.29 is 39.3 Å². The molecular weight excluding hydrogens is 448 g/mol. The van der Waals surface area contributed by atoms with Gasteiger partial charge in [0.25, 0.3) is 0 Å². The zero-order valence-corrected chi connectivity index (χ0v) is 19.1. The summed E-state index contributed by atoms with van der Waals surface area (Å²) in [5, 5.41) is 35.0. The summed E-state index contributed by atoms with van der Waals surface area (Å²) in [6, 6.07) is 2.13. The van der Waals surface area contributed by atoms with Crippen molar-refractivity contribution in [1.82, 2.24) is 16.0 Å². The van der Waals surface area contributed by atoms with Crippen molar-refractivity contribution in [2.75, 3.05) is 6.54 Å². The van der Waals surface area contributed by atoms with Gasteiger partial charge in [0.15, 0.2) is 0 Å². The van der Waals surface area contributed by atoms with Crippen LogP contribution in [0.2, 0.25) is 0 Å². The maximum absolute atomic E-state index is 13.0. The van der Waals surface area contributed by atoms with E-state index in [1.807, 2.05) is 6.92 Å². The molecule has 1 aromatic carbocycles. The molecule has 0 radical (unpaired) electrons. The van der Waals surface area contributed by atoms with E-state index >= 15 is 0 Å². The summed E-state index contributed by atoms with van der Waals surface area (Å²) in [4.78, 5) is 60.1. The first-order valence-corrected chi connectivity index (χ1v) is 10.8. The van der Waals surface area contributed by atoms with Crippen LogP contribution in [-0.2, 0) is 30.4 Å². The van der Waals surface area contributed by atoms with Gasteiger partial charge in [0, 0.05) is 12.8 Å². The van der Waals surface area contributed by atoms with E-state index < -0.39 is 54.2 Å². The van der Waals surface area contributed by atoms with Crippen LogP contribution in [0, 0.1) is 5.92 Å². The van der Waals surface area contributed by atoms with Gasteiger partial charge in [-0.05, 0) is 30.0 Å². The number of nitrogens with two attached hydrogens (primary N) is 1. The Kier molecular flexibility index (Phi) is 11.5. The van der Waals surface area contributed by atoms with Crippen molar-refractivity contribution in [3.63, 3.8) is 0 Å². The van der Waals surface area contributed by atoms with Crippen LogP contribution < -0.4 is 21.7 Å². The molecule has 0 saturated carbocycles. The van der Waals surface area contributed by atoms with Crippen LogP contribution >= 0.6 is 0 Å². The largest absolute Gasteiger partial charge is 0.508 e. The van der Waals surface area contributed by atoms with E-state index in [1.54, 1.807) is 6.92 Å². The number of amides is 3. The smallest absolute Gasteiger partial charge is 0.326 e. The number of phenolic OH excluding ortho intramolecular Hbond substituents is 1. The molecule has 0 aromatic heterocycles. The van der Waals surface area contributed by atoms with Gasteiger partial charge in [-0.25, -0.2) is 4.79 Å². The third-order valence-electron chi connectivity index (χ3n) is 5.27. The van der Waals surface area contributed by atoms with Crippen LogP contribution in [0.25, 0.3) is 0 Å². The van der Waals surface area contributed by atoms with Gasteiger partial charge in [-0.3, -0.25) is 19.2 Å². The number of hydrogen-bond acceptors (Lipinski definition) is 7. The topological polar surface area (TPSA) is 208 Å². The molecule has 1 aromatic rings. The molecule has 0 aliphatic carbocycles. The number of carboxylic acids is 2. The highest BCUT2D eigenvalue weighted by Crippen LogP contribution is 2.13. The van der Waals surface area contributed by atoms with Gasteiger partial charge in [-0.15, -0.1) is 0 Å². The normalized spacial score (nSPS) is 14.2. The Bertz CT molecular complexity index is 874. The number of rotatable bonds is 14. The SMILES string of the molecule is CCC(C)C(NC(=O)CN)C(=O)NC(Cc1ccc(O)cc1)C(=O)NC(CCC(=O)O)C(=O)O. The van der Waals surface area contributed by atoms with Crippen molar-refractivity contribution >= 4 is 29.7 Å². The van der Waals surface area contributed by atoms with E-state index in [1.165, 1.54) is 24.3 Å². The van der Waals surface area contributed by atoms with Gasteiger partial charge in [0.2, 0.25) is 17.7 Å². The van der Waals surface area contributed by atoms with E-state index in [9.17, 15) is 34.2 Å². The number of aromatic hydroxyl groups is 1. The van der Waals surface area contributed by atoms with Crippen molar-refractivity contribution in [1.29, 1.82) is 0 Å². The molecule has 188 valence electrons. The van der Waals surface area contributed by atoms with Crippen LogP contribution in [0.4, 0.5) is 0 Å². The van der Waals surface area contributed by atoms with Crippen molar-refractivity contribution in [3.8, 4) is 5.75 Å². The summed E-state index contributed by atoms with van der Waals surface area (Å²) < 4.78 is 0. The first kappa shape index (κ1) is 28.4. The molecule has 12 nitrogen and oxygen atoms in total. The van der Waals surface area contributed by atoms with Gasteiger partial charge >= 0.3 is 11.9 Å². The average molecular weight is 481 g/mol. The second-order valence-corrected chi connectivity index (χ2v) is 7.90. The van der Waals surface area contributed by atoms with Crippen LogP contribution in [0.3, 0.4) is 0 Å². The number of carbonyl (C=O) groups is 5. The average Bonchev–Trinajstić information content (AvgIpc) is 2.79. The first-order valence-electron chi connectivity index (χ1n) is 10.8. The van der Waals surface area contributed by atoms with E-state index in [0.29, 0.717) is 12.0 Å². The van der Waals surface area contributed by atoms with E-state index in [0.717, 1.165) is 0 Å². The Labute approximate surface area is 196 Å². The fraction of sp³-hybridized carbons (Fsp3) is 0.500. The molecule has 4 atom stereocenters. The predicted octanol–water partition coefficient (Wildman–Crippen LogP) is -0.657. The van der Waals surface area contributed by atoms with Gasteiger partial charge in [-0.2, -0.15) is 0 Å². The molecule has 0 aliphatic rings. The van der Waals surface area contributed by atoms with Crippen LogP contribution in [0.1, 0.15) is 38.7 Å². The van der Waals surface area contributed by atoms with Gasteiger partial charge in [0.05, 0.1) is 6.54 Å². The summed E-state index contributed by atoms with van der Waals surface area (Å²) in [6.45, 7) is 3.23. The van der Waals surface area contributed by atoms with Crippen LogP contribution in [0.15, 0.2) is 24.3 Å². The zero-order valence-electron chi connectivity index (χ0n) is 19.1. The highest BCUT2D eigenvalue weighted by atomic mass is 16.4. The second-order valence-electron chi connectivity index (χ2n) is 7.90. The number of hydrogen-bond donors (Lipinski definition) is 7. The Morgan fingerprint density at radius 3 is 2.03 bits per heavy atom. The fourth-order valence-corrected chi connectivity index (χ4v) is 3.07. The summed E-state index contributed by atoms with van der Waals surface area (Å²) >= 11 is 0. The van der Waals surface area contributed by atoms with Crippen LogP contribution in [-0.4, -0.2) is 69.7 Å². The second kappa shape index (κ2) is 13.8. The van der Waals surface area contributed by atoms with Gasteiger partial charge in [0.1, 0.15) is 23.9 Å². The summed E-state index contributed by atoms with van der Waals surface area (Å²) in [5.74, 6) is -5.00. The third-order valence-corrected chi connectivity index (χ3v) is 5.27. The number of carbonyl (C=O) groups excluding carboxylic acids is 3. The molecule has 1 rings (SSSR count). The molecule has 0 aliphatic heterocycles. The molecule has 0 saturated heterocycles. The molecule has 3 amide bonds.